The largest absolute Gasteiger partial charge is 0.325 e. The second-order valence-corrected chi connectivity index (χ2v) is 10.5. The highest BCUT2D eigenvalue weighted by molar-refractivity contribution is 6.10. The Balaban J connectivity index is 0.00000192. The predicted molar refractivity (Wildman–Crippen MR) is 173 cm³/mol. The molecule has 0 spiro atoms. The summed E-state index contributed by atoms with van der Waals surface area (Å²) in [4.78, 5) is 52.0. The topological polar surface area (TPSA) is 116 Å². The normalized spacial score (nSPS) is 18.0. The van der Waals surface area contributed by atoms with Gasteiger partial charge in [-0.3, -0.25) is 19.2 Å². The van der Waals surface area contributed by atoms with E-state index in [1.807, 2.05) is 54.6 Å². The lowest BCUT2D eigenvalue weighted by molar-refractivity contribution is -0.120. The van der Waals surface area contributed by atoms with Crippen molar-refractivity contribution in [1.29, 1.82) is 0 Å². The fraction of sp³-hybridized carbons (Fsp3) is 0.0857. The highest BCUT2D eigenvalue weighted by Gasteiger charge is 2.61. The fourth-order valence-electron chi connectivity index (χ4n) is 5.23. The van der Waals surface area contributed by atoms with Gasteiger partial charge in [-0.15, -0.1) is 0 Å². The van der Waals surface area contributed by atoms with Gasteiger partial charge >= 0.3 is 0 Å². The van der Waals surface area contributed by atoms with Crippen LogP contribution in [-0.2, 0) is 9.59 Å². The molecule has 2 unspecified atom stereocenters. The molecule has 2 atom stereocenters. The van der Waals surface area contributed by atoms with E-state index in [0.29, 0.717) is 45.9 Å². The first-order valence-corrected chi connectivity index (χ1v) is 13.9. The zero-order valence-electron chi connectivity index (χ0n) is 23.0. The number of anilines is 4. The molecule has 218 valence electrons. The molecule has 0 heterocycles. The van der Waals surface area contributed by atoms with Crippen LogP contribution in [0.3, 0.4) is 0 Å². The van der Waals surface area contributed by atoms with Crippen molar-refractivity contribution in [2.75, 3.05) is 21.3 Å². The minimum Gasteiger partial charge on any atom is -0.325 e. The summed E-state index contributed by atoms with van der Waals surface area (Å²) in [7, 11) is 0. The molecule has 6 rings (SSSR count). The Morgan fingerprint density at radius 3 is 1.72 bits per heavy atom. The third kappa shape index (κ3) is 5.99. The van der Waals surface area contributed by atoms with E-state index in [0.717, 1.165) is 0 Å². The molecular formula is C35H34N4O4. The molecule has 43 heavy (non-hydrogen) atoms. The zero-order chi connectivity index (χ0) is 29.8. The molecule has 2 aliphatic carbocycles. The lowest BCUT2D eigenvalue weighted by atomic mass is 9.92. The van der Waals surface area contributed by atoms with Gasteiger partial charge < -0.3 is 21.3 Å². The maximum Gasteiger partial charge on any atom is 0.255 e. The van der Waals surface area contributed by atoms with E-state index < -0.39 is 11.3 Å². The number of hydrogen-bond donors (Lipinski definition) is 4. The van der Waals surface area contributed by atoms with E-state index in [2.05, 4.69) is 21.3 Å². The van der Waals surface area contributed by atoms with Gasteiger partial charge in [-0.25, -0.2) is 0 Å². The summed E-state index contributed by atoms with van der Waals surface area (Å²) in [5.74, 6) is -1.37. The van der Waals surface area contributed by atoms with E-state index in [1.165, 1.54) is 6.07 Å². The Labute approximate surface area is 253 Å². The molecule has 1 fully saturated rings. The van der Waals surface area contributed by atoms with E-state index in [4.69, 9.17) is 0 Å². The molecule has 2 aliphatic rings. The number of nitrogens with one attached hydrogen (secondary N) is 4. The highest BCUT2D eigenvalue weighted by atomic mass is 16.2. The van der Waals surface area contributed by atoms with Crippen molar-refractivity contribution >= 4 is 46.4 Å². The second-order valence-electron chi connectivity index (χ2n) is 10.5. The van der Waals surface area contributed by atoms with Crippen molar-refractivity contribution in [3.8, 4) is 0 Å². The summed E-state index contributed by atoms with van der Waals surface area (Å²) >= 11 is 0. The fourth-order valence-corrected chi connectivity index (χ4v) is 5.23. The first-order valence-electron chi connectivity index (χ1n) is 13.9. The van der Waals surface area contributed by atoms with E-state index >= 15 is 0 Å². The van der Waals surface area contributed by atoms with Gasteiger partial charge in [0.2, 0.25) is 5.91 Å². The Morgan fingerprint density at radius 1 is 0.581 bits per heavy atom. The summed E-state index contributed by atoms with van der Waals surface area (Å²) in [5, 5.41) is 11.5. The van der Waals surface area contributed by atoms with Crippen LogP contribution in [0.4, 0.5) is 22.7 Å². The Hall–Kier alpha value is -5.76. The number of fused-ring (bicyclic) bond motifs is 1. The summed E-state index contributed by atoms with van der Waals surface area (Å²) in [6.07, 6.45) is 5.90. The molecule has 0 bridgehead atoms. The number of allylic oxidation sites excluding steroid dienone is 2. The van der Waals surface area contributed by atoms with Crippen molar-refractivity contribution in [2.45, 2.75) is 6.42 Å². The quantitative estimate of drug-likeness (QED) is 0.181. The van der Waals surface area contributed by atoms with Crippen LogP contribution in [0, 0.1) is 11.3 Å². The van der Waals surface area contributed by atoms with Crippen molar-refractivity contribution in [1.82, 2.24) is 0 Å². The number of carbonyl (C=O) groups excluding carboxylic acids is 4. The molecule has 4 aromatic rings. The molecule has 0 radical (unpaired) electrons. The number of rotatable bonds is 8. The second kappa shape index (κ2) is 11.6. The van der Waals surface area contributed by atoms with Gasteiger partial charge in [0.1, 0.15) is 0 Å². The smallest absolute Gasteiger partial charge is 0.255 e. The van der Waals surface area contributed by atoms with Crippen LogP contribution < -0.4 is 21.3 Å². The molecule has 0 aliphatic heterocycles. The summed E-state index contributed by atoms with van der Waals surface area (Å²) in [6.45, 7) is 0. The van der Waals surface area contributed by atoms with Crippen molar-refractivity contribution < 1.29 is 23.5 Å². The van der Waals surface area contributed by atoms with E-state index in [9.17, 15) is 19.2 Å². The monoisotopic (exact) mass is 574 g/mol. The highest BCUT2D eigenvalue weighted by Crippen LogP contribution is 2.60. The van der Waals surface area contributed by atoms with Crippen LogP contribution in [-0.4, -0.2) is 23.6 Å². The van der Waals surface area contributed by atoms with Crippen LogP contribution in [0.2, 0.25) is 0 Å². The molecule has 4 amide bonds. The standard InChI is InChI=1S/C35H28N4O4.3H2/c40-31(36-25-12-3-1-4-13-25)23-10-7-11-24(20-23)32(41)38-27-16-8-17-28(21-27)39-34(43)35-19-9-18-29(30(35)22-35)33(42)37-26-14-5-2-6-15-26;;;/h1-21,30H,22H2,(H,36,40)(H,37,42)(H,38,41)(H,39,43);3*1H. The van der Waals surface area contributed by atoms with Gasteiger partial charge in [-0.1, -0.05) is 66.8 Å². The van der Waals surface area contributed by atoms with Gasteiger partial charge in [0, 0.05) is 49.6 Å². The SMILES string of the molecule is O=C(Nc1ccccc1)C1=CC=CC2(C(=O)Nc3cccc(NC(=O)c4cccc(C(=O)Nc5ccccc5)c4)c3)CC12.[HH].[HH].[HH]. The lowest BCUT2D eigenvalue weighted by Crippen LogP contribution is -2.28. The first-order chi connectivity index (χ1) is 20.9. The number of benzene rings is 4. The Bertz CT molecular complexity index is 1800. The zero-order valence-corrected chi connectivity index (χ0v) is 23.0. The van der Waals surface area contributed by atoms with Gasteiger partial charge in [0.25, 0.3) is 17.7 Å². The van der Waals surface area contributed by atoms with Crippen molar-refractivity contribution in [3.63, 3.8) is 0 Å². The third-order valence-corrected chi connectivity index (χ3v) is 7.56. The molecule has 8 nitrogen and oxygen atoms in total. The molecule has 4 aromatic carbocycles. The van der Waals surface area contributed by atoms with Crippen LogP contribution in [0.15, 0.2) is 133 Å². The first kappa shape index (κ1) is 27.4. The summed E-state index contributed by atoms with van der Waals surface area (Å²) in [5.41, 5.74) is 2.79. The average Bonchev–Trinajstić information content (AvgIpc) is 3.79. The number of carbonyl (C=O) groups is 4. The number of hydrogen-bond acceptors (Lipinski definition) is 4. The van der Waals surface area contributed by atoms with Crippen LogP contribution in [0.25, 0.3) is 0 Å². The number of para-hydroxylation sites is 2. The molecule has 1 saturated carbocycles. The molecule has 4 N–H and O–H groups in total. The van der Waals surface area contributed by atoms with Crippen molar-refractivity contribution in [2.24, 2.45) is 11.3 Å². The van der Waals surface area contributed by atoms with E-state index in [1.54, 1.807) is 66.7 Å². The Morgan fingerprint density at radius 2 is 1.09 bits per heavy atom. The van der Waals surface area contributed by atoms with Crippen LogP contribution in [0.1, 0.15) is 31.4 Å². The van der Waals surface area contributed by atoms with Gasteiger partial charge in [0.15, 0.2) is 0 Å². The maximum atomic E-state index is 13.4. The number of amides is 4. The molecule has 0 aromatic heterocycles. The summed E-state index contributed by atoms with van der Waals surface area (Å²) < 4.78 is 0. The molecule has 8 heteroatoms. The van der Waals surface area contributed by atoms with Gasteiger partial charge in [-0.05, 0) is 67.1 Å². The molecular weight excluding hydrogens is 540 g/mol. The van der Waals surface area contributed by atoms with Gasteiger partial charge in [0.05, 0.1) is 5.41 Å². The minimum atomic E-state index is -0.794. The average molecular weight is 575 g/mol. The van der Waals surface area contributed by atoms with Crippen LogP contribution in [0.5, 0.6) is 0 Å². The minimum absolute atomic E-state index is 0. The molecule has 0 saturated heterocycles. The summed E-state index contributed by atoms with van der Waals surface area (Å²) in [6, 6.07) is 31.6. The lowest BCUT2D eigenvalue weighted by Gasteiger charge is -2.18. The predicted octanol–water partition coefficient (Wildman–Crippen LogP) is 7.01. The van der Waals surface area contributed by atoms with Crippen molar-refractivity contribution in [3.05, 3.63) is 144 Å². The third-order valence-electron chi connectivity index (χ3n) is 7.56. The van der Waals surface area contributed by atoms with Crippen LogP contribution >= 0.6 is 0 Å². The Kier molecular flexibility index (Phi) is 7.41. The van der Waals surface area contributed by atoms with E-state index in [-0.39, 0.29) is 27.9 Å². The van der Waals surface area contributed by atoms with Gasteiger partial charge in [-0.2, -0.15) is 0 Å². The maximum absolute atomic E-state index is 13.4.